The molecule has 2 aromatic heterocycles. The van der Waals surface area contributed by atoms with Gasteiger partial charge in [-0.3, -0.25) is 0 Å². The molecule has 80 heavy (non-hydrogen) atoms. The van der Waals surface area contributed by atoms with Crippen molar-refractivity contribution in [1.29, 1.82) is 0 Å². The molecule has 1 radical (unpaired) electrons. The van der Waals surface area contributed by atoms with Crippen LogP contribution in [0.15, 0.2) is 97.1 Å². The second-order valence-electron chi connectivity index (χ2n) is 31.1. The molecule has 0 saturated heterocycles. The first-order valence-corrected chi connectivity index (χ1v) is 32.0. The summed E-state index contributed by atoms with van der Waals surface area (Å²) in [4.78, 5) is 2.75. The van der Waals surface area contributed by atoms with Crippen LogP contribution in [0.5, 0.6) is 0 Å². The molecule has 0 bridgehead atoms. The van der Waals surface area contributed by atoms with Crippen LogP contribution in [0.2, 0.25) is 0 Å². The SMILES string of the molecule is Cc1cc2c(cc1N1c3cc4ccccc4c(-c4c(Nc5ccc6c(c5)C(C)(C)CCC6(C)C)ccc5c4sc4cc6c(cc45)C(C)(C)CCC6(C)C)c3[B]c3c1sc1cc4c(cc31)C(C)(C)CCC4(C)C)C(C)(C)CCC2(C)C. The molecule has 2 nitrogen and oxygen atoms in total. The Morgan fingerprint density at radius 2 is 0.887 bits per heavy atom. The molecule has 5 heteroatoms. The summed E-state index contributed by atoms with van der Waals surface area (Å²) in [7, 11) is 2.65. The second kappa shape index (κ2) is 16.9. The first-order chi connectivity index (χ1) is 37.5. The van der Waals surface area contributed by atoms with E-state index in [0.717, 1.165) is 11.4 Å². The molecule has 409 valence electrons. The van der Waals surface area contributed by atoms with Gasteiger partial charge < -0.3 is 10.2 Å². The summed E-state index contributed by atoms with van der Waals surface area (Å²) in [6.07, 6.45) is 9.52. The molecule has 1 aliphatic heterocycles. The van der Waals surface area contributed by atoms with Crippen LogP contribution in [0.1, 0.15) is 212 Å². The van der Waals surface area contributed by atoms with Crippen LogP contribution >= 0.6 is 22.7 Å². The summed E-state index contributed by atoms with van der Waals surface area (Å²) in [6, 6.07) is 39.9. The van der Waals surface area contributed by atoms with E-state index in [9.17, 15) is 0 Å². The van der Waals surface area contributed by atoms with Crippen LogP contribution in [-0.2, 0) is 43.3 Å². The molecule has 0 atom stereocenters. The minimum Gasteiger partial charge on any atom is -0.355 e. The molecular weight excluding hydrogens is 1000 g/mol. The van der Waals surface area contributed by atoms with Gasteiger partial charge in [0.2, 0.25) is 0 Å². The van der Waals surface area contributed by atoms with Crippen molar-refractivity contribution in [1.82, 2.24) is 0 Å². The van der Waals surface area contributed by atoms with E-state index in [1.54, 1.807) is 0 Å². The average molecular weight is 1090 g/mol. The summed E-state index contributed by atoms with van der Waals surface area (Å²) >= 11 is 4.03. The van der Waals surface area contributed by atoms with E-state index in [2.05, 4.69) is 232 Å². The highest BCUT2D eigenvalue weighted by atomic mass is 32.1. The molecule has 0 spiro atoms. The van der Waals surface area contributed by atoms with Gasteiger partial charge in [-0.1, -0.05) is 153 Å². The Balaban J connectivity index is 1.10. The minimum absolute atomic E-state index is 0.0501. The number of nitrogens with zero attached hydrogens (tertiary/aromatic N) is 1. The molecular formula is C75H84BN2S2. The van der Waals surface area contributed by atoms with E-state index in [1.807, 2.05) is 22.7 Å². The Labute approximate surface area is 487 Å². The third kappa shape index (κ3) is 7.73. The van der Waals surface area contributed by atoms with E-state index in [0.29, 0.717) is 0 Å². The number of nitrogens with one attached hydrogen (secondary N) is 1. The van der Waals surface area contributed by atoms with Gasteiger partial charge in [0.05, 0.1) is 10.7 Å². The zero-order chi connectivity index (χ0) is 56.4. The third-order valence-electron chi connectivity index (χ3n) is 21.9. The summed E-state index contributed by atoms with van der Waals surface area (Å²) in [5.41, 5.74) is 24.3. The van der Waals surface area contributed by atoms with Crippen LogP contribution in [0.4, 0.5) is 27.8 Å². The van der Waals surface area contributed by atoms with E-state index in [1.165, 1.54) is 181 Å². The van der Waals surface area contributed by atoms with Gasteiger partial charge in [-0.2, -0.15) is 0 Å². The van der Waals surface area contributed by atoms with Gasteiger partial charge in [-0.25, -0.2) is 0 Å². The van der Waals surface area contributed by atoms with Crippen LogP contribution in [0, 0.1) is 6.92 Å². The number of hydrogen-bond donors (Lipinski definition) is 1. The lowest BCUT2D eigenvalue weighted by molar-refractivity contribution is 0.332. The highest BCUT2D eigenvalue weighted by molar-refractivity contribution is 7.26. The van der Waals surface area contributed by atoms with Gasteiger partial charge >= 0.3 is 0 Å². The average Bonchev–Trinajstić information content (AvgIpc) is 2.50. The monoisotopic (exact) mass is 1090 g/mol. The lowest BCUT2D eigenvalue weighted by atomic mass is 9.57. The van der Waals surface area contributed by atoms with Gasteiger partial charge in [-0.15, -0.1) is 22.7 Å². The molecule has 1 N–H and O–H groups in total. The molecule has 4 aliphatic carbocycles. The molecule has 5 aliphatic rings. The van der Waals surface area contributed by atoms with Gasteiger partial charge in [0.1, 0.15) is 0 Å². The van der Waals surface area contributed by atoms with Gasteiger partial charge in [-0.05, 0) is 239 Å². The van der Waals surface area contributed by atoms with Crippen molar-refractivity contribution in [2.24, 2.45) is 0 Å². The largest absolute Gasteiger partial charge is 0.355 e. The Morgan fingerprint density at radius 1 is 0.400 bits per heavy atom. The topological polar surface area (TPSA) is 15.3 Å². The van der Waals surface area contributed by atoms with Crippen molar-refractivity contribution < 1.29 is 0 Å². The lowest BCUT2D eigenvalue weighted by Crippen LogP contribution is -2.41. The summed E-state index contributed by atoms with van der Waals surface area (Å²) in [5, 5.41) is 12.3. The van der Waals surface area contributed by atoms with Crippen LogP contribution in [-0.4, -0.2) is 7.28 Å². The maximum atomic E-state index is 4.25. The van der Waals surface area contributed by atoms with E-state index in [-0.39, 0.29) is 43.3 Å². The van der Waals surface area contributed by atoms with E-state index >= 15 is 0 Å². The highest BCUT2D eigenvalue weighted by Crippen LogP contribution is 2.57. The zero-order valence-electron chi connectivity index (χ0n) is 51.2. The van der Waals surface area contributed by atoms with Crippen LogP contribution in [0.3, 0.4) is 0 Å². The second-order valence-corrected chi connectivity index (χ2v) is 33.2. The molecule has 9 aromatic rings. The number of hydrogen-bond acceptors (Lipinski definition) is 4. The van der Waals surface area contributed by atoms with Crippen molar-refractivity contribution in [3.05, 3.63) is 147 Å². The molecule has 0 fully saturated rings. The highest BCUT2D eigenvalue weighted by Gasteiger charge is 2.44. The third-order valence-corrected chi connectivity index (χ3v) is 24.2. The quantitative estimate of drug-likeness (QED) is 0.177. The van der Waals surface area contributed by atoms with Crippen LogP contribution < -0.4 is 21.1 Å². The number of thiophene rings is 2. The summed E-state index contributed by atoms with van der Waals surface area (Å²) in [6.45, 7) is 42.0. The lowest BCUT2D eigenvalue weighted by Gasteiger charge is -2.43. The maximum absolute atomic E-state index is 4.25. The van der Waals surface area contributed by atoms with Gasteiger partial charge in [0.15, 0.2) is 7.28 Å². The van der Waals surface area contributed by atoms with Crippen LogP contribution in [0.25, 0.3) is 52.2 Å². The van der Waals surface area contributed by atoms with Crippen molar-refractivity contribution in [3.8, 4) is 11.1 Å². The summed E-state index contributed by atoms with van der Waals surface area (Å²) in [5.74, 6) is 0. The fraction of sp³-hybridized carbons (Fsp3) is 0.440. The Hall–Kier alpha value is -5.36. The van der Waals surface area contributed by atoms with Crippen molar-refractivity contribution in [3.63, 3.8) is 0 Å². The molecule has 0 amide bonds. The first kappa shape index (κ1) is 52.7. The van der Waals surface area contributed by atoms with Crippen molar-refractivity contribution >= 4 is 110 Å². The minimum atomic E-state index is 0.0501. The van der Waals surface area contributed by atoms with Crippen molar-refractivity contribution in [2.75, 3.05) is 10.2 Å². The number of anilines is 5. The zero-order valence-corrected chi connectivity index (χ0v) is 52.9. The van der Waals surface area contributed by atoms with Gasteiger partial charge in [0.25, 0.3) is 0 Å². The number of rotatable bonds is 4. The normalized spacial score (nSPS) is 21.0. The molecule has 14 rings (SSSR count). The molecule has 3 heterocycles. The Bertz CT molecular complexity index is 4160. The van der Waals surface area contributed by atoms with E-state index in [4.69, 9.17) is 0 Å². The summed E-state index contributed by atoms with van der Waals surface area (Å²) < 4.78 is 4.13. The van der Waals surface area contributed by atoms with Gasteiger partial charge in [0, 0.05) is 47.5 Å². The standard InChI is InChI=1S/C75H84BN2S2/c1-42-34-50-54(73(12,13)31-28-69(50,4)5)39-58(42)78-59-35-43-20-18-19-21-45(43)62(65(59)76-64-48-38-53-56(41-61(48)80-67(64)78)75(16,17)33-30-72(53,10)11)63-57(77-44-22-24-49-51(36-44)70(6,7)27-26-68(49,2)3)25-23-46-47-37-52-55(40-60(47)79-66(46)63)74(14,15)32-29-71(52,8)9/h18-25,34-41,77H,26-33H2,1-17H3. The maximum Gasteiger partial charge on any atom is 0.199 e. The Morgan fingerprint density at radius 3 is 1.48 bits per heavy atom. The molecule has 0 unspecified atom stereocenters. The molecule has 0 saturated carbocycles. The van der Waals surface area contributed by atoms with Crippen molar-refractivity contribution in [2.45, 2.75) is 212 Å². The molecule has 7 aromatic carbocycles. The van der Waals surface area contributed by atoms with E-state index < -0.39 is 0 Å². The number of fused-ring (bicyclic) bond motifs is 12. The predicted molar refractivity (Wildman–Crippen MR) is 353 cm³/mol. The number of aryl methyl sites for hydroxylation is 1. The smallest absolute Gasteiger partial charge is 0.199 e. The fourth-order valence-corrected chi connectivity index (χ4v) is 18.4. The first-order valence-electron chi connectivity index (χ1n) is 30.4. The number of benzene rings is 7. The predicted octanol–water partition coefficient (Wildman–Crippen LogP) is 21.0. The Kier molecular flexibility index (Phi) is 11.1. The fourth-order valence-electron chi connectivity index (χ4n) is 15.9.